The Morgan fingerprint density at radius 3 is 2.64 bits per heavy atom. The molecule has 9 heteroatoms. The van der Waals surface area contributed by atoms with E-state index in [1.165, 1.54) is 6.42 Å². The summed E-state index contributed by atoms with van der Waals surface area (Å²) in [5, 5.41) is 15.3. The molecule has 3 N–H and O–H groups in total. The van der Waals surface area contributed by atoms with Crippen LogP contribution in [-0.2, 0) is 9.47 Å². The minimum Gasteiger partial charge on any atom is -0.488 e. The average molecular weight is 533 g/mol. The predicted octanol–water partition coefficient (Wildman–Crippen LogP) is 4.11. The smallest absolute Gasteiger partial charge is 0.254 e. The third kappa shape index (κ3) is 7.16. The third-order valence-corrected chi connectivity index (χ3v) is 7.56. The number of likely N-dealkylation sites (tertiary alicyclic amines) is 1. The zero-order chi connectivity index (χ0) is 27.0. The van der Waals surface area contributed by atoms with Crippen molar-refractivity contribution in [3.8, 4) is 0 Å². The van der Waals surface area contributed by atoms with Gasteiger partial charge in [0.1, 0.15) is 17.6 Å². The molecule has 0 spiro atoms. The van der Waals surface area contributed by atoms with Crippen LogP contribution < -0.4 is 15.5 Å². The van der Waals surface area contributed by atoms with Crippen molar-refractivity contribution in [2.24, 2.45) is 4.99 Å². The van der Waals surface area contributed by atoms with Crippen molar-refractivity contribution >= 4 is 29.3 Å². The quantitative estimate of drug-likeness (QED) is 0.361. The largest absolute Gasteiger partial charge is 0.488 e. The molecule has 1 aliphatic carbocycles. The minimum absolute atomic E-state index is 0.0799. The van der Waals surface area contributed by atoms with Crippen LogP contribution in [0.5, 0.6) is 0 Å². The van der Waals surface area contributed by atoms with Gasteiger partial charge in [-0.25, -0.2) is 4.99 Å². The maximum absolute atomic E-state index is 13.3. The Morgan fingerprint density at radius 1 is 1.10 bits per heavy atom. The number of nitrogens with one attached hydrogen (secondary N) is 3. The molecule has 1 amide bonds. The highest BCUT2D eigenvalue weighted by atomic mass is 16.5. The molecule has 3 heterocycles. The number of ether oxygens (including phenoxy) is 2. The normalized spacial score (nSPS) is 22.2. The van der Waals surface area contributed by atoms with Crippen molar-refractivity contribution in [1.82, 2.24) is 10.2 Å². The molecule has 3 aliphatic heterocycles. The molecule has 0 atom stereocenters. The Hall–Kier alpha value is -3.43. The number of morpholine rings is 1. The van der Waals surface area contributed by atoms with Gasteiger partial charge >= 0.3 is 0 Å². The van der Waals surface area contributed by atoms with Crippen LogP contribution in [0.15, 0.2) is 58.4 Å². The molecule has 0 unspecified atom stereocenters. The van der Waals surface area contributed by atoms with E-state index in [2.05, 4.69) is 26.6 Å². The molecule has 4 aliphatic rings. The van der Waals surface area contributed by atoms with Gasteiger partial charge in [0.2, 0.25) is 0 Å². The van der Waals surface area contributed by atoms with Gasteiger partial charge in [-0.3, -0.25) is 10.2 Å². The standard InChI is InChI=1S/C30H40N6O3/c1-22-15-24(29(31)28(16-22)39-27-5-7-32-8-6-27)20-33-21-34-25-17-23(30(37)36-9-3-2-4-10-36)18-26(19-25)35-11-13-38-14-12-35/h15-21,27,31-32H,2-14H2,1H3,(H,33,34)/b24-20-,31-29?. The van der Waals surface area contributed by atoms with Crippen LogP contribution in [-0.4, -0.2) is 81.4 Å². The monoisotopic (exact) mass is 532 g/mol. The molecular formula is C30H40N6O3. The second kappa shape index (κ2) is 13.1. The van der Waals surface area contributed by atoms with Gasteiger partial charge in [-0.2, -0.15) is 0 Å². The van der Waals surface area contributed by atoms with E-state index in [0.717, 1.165) is 81.9 Å². The van der Waals surface area contributed by atoms with Crippen molar-refractivity contribution in [2.75, 3.05) is 62.7 Å². The molecule has 0 saturated carbocycles. The van der Waals surface area contributed by atoms with Crippen molar-refractivity contribution in [3.05, 3.63) is 59.0 Å². The second-order valence-electron chi connectivity index (χ2n) is 10.6. The van der Waals surface area contributed by atoms with Gasteiger partial charge in [-0.15, -0.1) is 0 Å². The number of amides is 1. The molecule has 39 heavy (non-hydrogen) atoms. The van der Waals surface area contributed by atoms with E-state index in [1.807, 2.05) is 36.1 Å². The summed E-state index contributed by atoms with van der Waals surface area (Å²) in [5.41, 5.74) is 4.59. The fourth-order valence-corrected chi connectivity index (χ4v) is 5.40. The van der Waals surface area contributed by atoms with E-state index in [0.29, 0.717) is 35.8 Å². The minimum atomic E-state index is 0.0799. The molecule has 1 aromatic carbocycles. The third-order valence-electron chi connectivity index (χ3n) is 7.56. The summed E-state index contributed by atoms with van der Waals surface area (Å²) < 4.78 is 11.7. The second-order valence-corrected chi connectivity index (χ2v) is 10.6. The number of anilines is 2. The van der Waals surface area contributed by atoms with E-state index >= 15 is 0 Å². The number of hydrogen-bond acceptors (Lipinski definition) is 7. The average Bonchev–Trinajstić information content (AvgIpc) is 2.98. The molecule has 3 saturated heterocycles. The fourth-order valence-electron chi connectivity index (χ4n) is 5.40. The molecule has 3 fully saturated rings. The molecule has 208 valence electrons. The summed E-state index contributed by atoms with van der Waals surface area (Å²) in [6, 6.07) is 5.96. The Morgan fingerprint density at radius 2 is 1.87 bits per heavy atom. The van der Waals surface area contributed by atoms with Gasteiger partial charge in [-0.1, -0.05) is 0 Å². The SMILES string of the molecule is CC1=C/C(=C/N=C/Nc2cc(C(=O)N3CCCCC3)cc(N3CCOCC3)c2)C(=N)C(OC2CCNCC2)=C1. The maximum atomic E-state index is 13.3. The molecule has 0 bridgehead atoms. The zero-order valence-electron chi connectivity index (χ0n) is 22.9. The van der Waals surface area contributed by atoms with Crippen molar-refractivity contribution in [2.45, 2.75) is 45.1 Å². The molecule has 5 rings (SSSR count). The summed E-state index contributed by atoms with van der Waals surface area (Å²) in [5.74, 6) is 0.687. The lowest BCUT2D eigenvalue weighted by Gasteiger charge is -2.30. The number of hydrogen-bond donors (Lipinski definition) is 3. The summed E-state index contributed by atoms with van der Waals surface area (Å²) in [6.07, 6.45) is 12.5. The van der Waals surface area contributed by atoms with Crippen LogP contribution in [0.25, 0.3) is 0 Å². The molecule has 9 nitrogen and oxygen atoms in total. The highest BCUT2D eigenvalue weighted by Crippen LogP contribution is 2.26. The van der Waals surface area contributed by atoms with Crippen molar-refractivity contribution in [1.29, 1.82) is 5.41 Å². The van der Waals surface area contributed by atoms with Crippen LogP contribution in [0.3, 0.4) is 0 Å². The van der Waals surface area contributed by atoms with E-state index in [4.69, 9.17) is 14.9 Å². The first-order valence-electron chi connectivity index (χ1n) is 14.2. The Kier molecular flexibility index (Phi) is 9.11. The molecule has 1 aromatic rings. The number of benzene rings is 1. The van der Waals surface area contributed by atoms with E-state index in [1.54, 1.807) is 12.5 Å². The summed E-state index contributed by atoms with van der Waals surface area (Å²) >= 11 is 0. The van der Waals surface area contributed by atoms with Crippen LogP contribution in [0.4, 0.5) is 11.4 Å². The zero-order valence-corrected chi connectivity index (χ0v) is 22.9. The highest BCUT2D eigenvalue weighted by Gasteiger charge is 2.22. The first-order chi connectivity index (χ1) is 19.1. The van der Waals surface area contributed by atoms with Gasteiger partial charge in [0, 0.05) is 54.9 Å². The van der Waals surface area contributed by atoms with Crippen LogP contribution in [0.1, 0.15) is 49.4 Å². The molecule has 0 radical (unpaired) electrons. The van der Waals surface area contributed by atoms with E-state index < -0.39 is 0 Å². The van der Waals surface area contributed by atoms with Crippen LogP contribution >= 0.6 is 0 Å². The number of carbonyl (C=O) groups excluding carboxylic acids is 1. The van der Waals surface area contributed by atoms with Gasteiger partial charge in [0.25, 0.3) is 5.91 Å². The van der Waals surface area contributed by atoms with Gasteiger partial charge < -0.3 is 29.9 Å². The predicted molar refractivity (Wildman–Crippen MR) is 156 cm³/mol. The Balaban J connectivity index is 1.29. The number of carbonyl (C=O) groups is 1. The number of aliphatic imine (C=N–C) groups is 1. The van der Waals surface area contributed by atoms with E-state index in [-0.39, 0.29) is 12.0 Å². The lowest BCUT2D eigenvalue weighted by Crippen LogP contribution is -2.37. The number of piperidine rings is 2. The lowest BCUT2D eigenvalue weighted by molar-refractivity contribution is 0.0724. The number of rotatable bonds is 7. The molecular weight excluding hydrogens is 492 g/mol. The number of nitrogens with zero attached hydrogens (tertiary/aromatic N) is 3. The highest BCUT2D eigenvalue weighted by molar-refractivity contribution is 6.12. The number of allylic oxidation sites excluding steroid dienone is 4. The van der Waals surface area contributed by atoms with Crippen molar-refractivity contribution < 1.29 is 14.3 Å². The topological polar surface area (TPSA) is 102 Å². The Labute approximate surface area is 231 Å². The Bertz CT molecular complexity index is 1170. The first-order valence-corrected chi connectivity index (χ1v) is 14.2. The van der Waals surface area contributed by atoms with Crippen molar-refractivity contribution in [3.63, 3.8) is 0 Å². The summed E-state index contributed by atoms with van der Waals surface area (Å²) in [6.45, 7) is 8.47. The fraction of sp³-hybridized carbons (Fsp3) is 0.500. The van der Waals surface area contributed by atoms with Gasteiger partial charge in [-0.05, 0) is 88.0 Å². The summed E-state index contributed by atoms with van der Waals surface area (Å²) in [7, 11) is 0. The molecule has 0 aromatic heterocycles. The maximum Gasteiger partial charge on any atom is 0.254 e. The van der Waals surface area contributed by atoms with E-state index in [9.17, 15) is 4.79 Å². The van der Waals surface area contributed by atoms with Crippen LogP contribution in [0, 0.1) is 5.41 Å². The summed E-state index contributed by atoms with van der Waals surface area (Å²) in [4.78, 5) is 22.0. The van der Waals surface area contributed by atoms with Crippen LogP contribution in [0.2, 0.25) is 0 Å². The first kappa shape index (κ1) is 27.1. The van der Waals surface area contributed by atoms with Gasteiger partial charge in [0.15, 0.2) is 0 Å². The van der Waals surface area contributed by atoms with Gasteiger partial charge in [0.05, 0.1) is 19.6 Å². The lowest BCUT2D eigenvalue weighted by atomic mass is 9.99.